The van der Waals surface area contributed by atoms with Gasteiger partial charge in [-0.05, 0) is 24.2 Å². The number of hydrogen-bond acceptors (Lipinski definition) is 2. The van der Waals surface area contributed by atoms with Gasteiger partial charge < -0.3 is 10.4 Å². The molecule has 0 heterocycles. The van der Waals surface area contributed by atoms with Gasteiger partial charge in [-0.25, -0.2) is 4.79 Å². The minimum absolute atomic E-state index is 0.343. The van der Waals surface area contributed by atoms with Gasteiger partial charge in [0.15, 0.2) is 0 Å². The number of hydrogen-bond donors (Lipinski definition) is 2. The predicted molar refractivity (Wildman–Crippen MR) is 50.8 cm³/mol. The van der Waals surface area contributed by atoms with E-state index in [-0.39, 0.29) is 0 Å². The van der Waals surface area contributed by atoms with Crippen molar-refractivity contribution in [3.63, 3.8) is 0 Å². The van der Waals surface area contributed by atoms with Crippen molar-refractivity contribution < 1.29 is 9.90 Å². The van der Waals surface area contributed by atoms with Crippen molar-refractivity contribution in [2.24, 2.45) is 0 Å². The molecule has 0 radical (unpaired) electrons. The molecule has 2 N–H and O–H groups in total. The Bertz CT molecular complexity index is 297. The lowest BCUT2D eigenvalue weighted by Gasteiger charge is -2.02. The first-order valence-electron chi connectivity index (χ1n) is 4.27. The summed E-state index contributed by atoms with van der Waals surface area (Å²) in [4.78, 5) is 10.6. The highest BCUT2D eigenvalue weighted by Crippen LogP contribution is 2.04. The minimum Gasteiger partial charge on any atom is -0.478 e. The second kappa shape index (κ2) is 4.62. The molecule has 0 saturated carbocycles. The molecule has 1 rings (SSSR count). The molecule has 3 nitrogen and oxygen atoms in total. The van der Waals surface area contributed by atoms with Gasteiger partial charge in [0.05, 0.1) is 5.56 Å². The van der Waals surface area contributed by atoms with Crippen LogP contribution < -0.4 is 5.32 Å². The van der Waals surface area contributed by atoms with E-state index in [1.54, 1.807) is 18.2 Å². The molecule has 0 bridgehead atoms. The van der Waals surface area contributed by atoms with Crippen molar-refractivity contribution in [3.05, 3.63) is 35.4 Å². The number of nitrogens with one attached hydrogen (secondary N) is 1. The monoisotopic (exact) mass is 179 g/mol. The molecular formula is C10H13NO2. The summed E-state index contributed by atoms with van der Waals surface area (Å²) in [5.41, 5.74) is 1.34. The second-order valence-electron chi connectivity index (χ2n) is 2.79. The summed E-state index contributed by atoms with van der Waals surface area (Å²) in [6.45, 7) is 3.62. The number of rotatable bonds is 4. The SMILES string of the molecule is CCNCc1cccc(C(=O)O)c1. The highest BCUT2D eigenvalue weighted by molar-refractivity contribution is 5.87. The lowest BCUT2D eigenvalue weighted by Crippen LogP contribution is -2.12. The van der Waals surface area contributed by atoms with E-state index in [0.29, 0.717) is 5.56 Å². The molecule has 0 fully saturated rings. The Labute approximate surface area is 77.4 Å². The molecule has 0 atom stereocenters. The fourth-order valence-corrected chi connectivity index (χ4v) is 1.08. The van der Waals surface area contributed by atoms with Crippen molar-refractivity contribution in [2.45, 2.75) is 13.5 Å². The summed E-state index contributed by atoms with van der Waals surface area (Å²) in [5.74, 6) is -0.877. The van der Waals surface area contributed by atoms with Gasteiger partial charge in [0.1, 0.15) is 0 Å². The number of carboxylic acid groups (broad SMARTS) is 1. The summed E-state index contributed by atoms with van der Waals surface area (Å²) in [6, 6.07) is 6.95. The maximum Gasteiger partial charge on any atom is 0.335 e. The van der Waals surface area contributed by atoms with E-state index in [9.17, 15) is 4.79 Å². The van der Waals surface area contributed by atoms with E-state index in [1.807, 2.05) is 13.0 Å². The first-order valence-corrected chi connectivity index (χ1v) is 4.27. The zero-order chi connectivity index (χ0) is 9.68. The van der Waals surface area contributed by atoms with Crippen LogP contribution in [0.15, 0.2) is 24.3 Å². The molecule has 0 unspecified atom stereocenters. The van der Waals surface area contributed by atoms with Gasteiger partial charge >= 0.3 is 5.97 Å². The summed E-state index contributed by atoms with van der Waals surface area (Å²) in [6.07, 6.45) is 0. The van der Waals surface area contributed by atoms with E-state index in [2.05, 4.69) is 5.32 Å². The lowest BCUT2D eigenvalue weighted by molar-refractivity contribution is 0.0697. The third-order valence-corrected chi connectivity index (χ3v) is 1.75. The maximum absolute atomic E-state index is 10.6. The summed E-state index contributed by atoms with van der Waals surface area (Å²) in [7, 11) is 0. The Hall–Kier alpha value is -1.35. The van der Waals surface area contributed by atoms with Gasteiger partial charge in [0, 0.05) is 6.54 Å². The minimum atomic E-state index is -0.877. The van der Waals surface area contributed by atoms with Crippen LogP contribution in [0.4, 0.5) is 0 Å². The van der Waals surface area contributed by atoms with Crippen molar-refractivity contribution in [1.82, 2.24) is 5.32 Å². The highest BCUT2D eigenvalue weighted by Gasteiger charge is 2.01. The molecule has 70 valence electrons. The molecule has 0 amide bonds. The van der Waals surface area contributed by atoms with Gasteiger partial charge in [-0.2, -0.15) is 0 Å². The number of aromatic carboxylic acids is 1. The standard InChI is InChI=1S/C10H13NO2/c1-2-11-7-8-4-3-5-9(6-8)10(12)13/h3-6,11H,2,7H2,1H3,(H,12,13). The Morgan fingerprint density at radius 1 is 1.54 bits per heavy atom. The van der Waals surface area contributed by atoms with Crippen LogP contribution in [0.2, 0.25) is 0 Å². The normalized spacial score (nSPS) is 9.92. The lowest BCUT2D eigenvalue weighted by atomic mass is 10.1. The van der Waals surface area contributed by atoms with Crippen LogP contribution in [-0.2, 0) is 6.54 Å². The van der Waals surface area contributed by atoms with Crippen LogP contribution in [0.25, 0.3) is 0 Å². The molecule has 0 spiro atoms. The molecule has 3 heteroatoms. The van der Waals surface area contributed by atoms with E-state index in [1.165, 1.54) is 0 Å². The van der Waals surface area contributed by atoms with E-state index >= 15 is 0 Å². The number of benzene rings is 1. The molecule has 0 aliphatic rings. The summed E-state index contributed by atoms with van der Waals surface area (Å²) >= 11 is 0. The summed E-state index contributed by atoms with van der Waals surface area (Å²) in [5, 5.41) is 11.9. The van der Waals surface area contributed by atoms with Gasteiger partial charge in [0.2, 0.25) is 0 Å². The van der Waals surface area contributed by atoms with E-state index in [4.69, 9.17) is 5.11 Å². The van der Waals surface area contributed by atoms with Crippen molar-refractivity contribution in [2.75, 3.05) is 6.54 Å². The largest absolute Gasteiger partial charge is 0.478 e. The Kier molecular flexibility index (Phi) is 3.46. The van der Waals surface area contributed by atoms with Crippen LogP contribution in [-0.4, -0.2) is 17.6 Å². The molecule has 1 aromatic rings. The smallest absolute Gasteiger partial charge is 0.335 e. The maximum atomic E-state index is 10.6. The first kappa shape index (κ1) is 9.74. The van der Waals surface area contributed by atoms with E-state index in [0.717, 1.165) is 18.7 Å². The average molecular weight is 179 g/mol. The van der Waals surface area contributed by atoms with E-state index < -0.39 is 5.97 Å². The molecule has 0 aromatic heterocycles. The van der Waals surface area contributed by atoms with Crippen LogP contribution in [0.3, 0.4) is 0 Å². The molecule has 1 aromatic carbocycles. The number of carboxylic acids is 1. The average Bonchev–Trinajstić information content (AvgIpc) is 2.15. The third-order valence-electron chi connectivity index (χ3n) is 1.75. The molecule has 0 aliphatic carbocycles. The Morgan fingerprint density at radius 3 is 2.92 bits per heavy atom. The fraction of sp³-hybridized carbons (Fsp3) is 0.300. The van der Waals surface area contributed by atoms with Gasteiger partial charge in [-0.15, -0.1) is 0 Å². The van der Waals surface area contributed by atoms with Gasteiger partial charge in [-0.1, -0.05) is 19.1 Å². The predicted octanol–water partition coefficient (Wildman–Crippen LogP) is 1.49. The number of carbonyl (C=O) groups is 1. The second-order valence-corrected chi connectivity index (χ2v) is 2.79. The van der Waals surface area contributed by atoms with Gasteiger partial charge in [0.25, 0.3) is 0 Å². The highest BCUT2D eigenvalue weighted by atomic mass is 16.4. The van der Waals surface area contributed by atoms with Gasteiger partial charge in [-0.3, -0.25) is 0 Å². The Morgan fingerprint density at radius 2 is 2.31 bits per heavy atom. The van der Waals surface area contributed by atoms with Crippen molar-refractivity contribution in [1.29, 1.82) is 0 Å². The van der Waals surface area contributed by atoms with Crippen LogP contribution in [0.1, 0.15) is 22.8 Å². The van der Waals surface area contributed by atoms with Crippen LogP contribution in [0.5, 0.6) is 0 Å². The Balaban J connectivity index is 2.73. The zero-order valence-electron chi connectivity index (χ0n) is 7.58. The third kappa shape index (κ3) is 2.87. The first-order chi connectivity index (χ1) is 6.24. The van der Waals surface area contributed by atoms with Crippen molar-refractivity contribution >= 4 is 5.97 Å². The topological polar surface area (TPSA) is 49.3 Å². The molecule has 0 aliphatic heterocycles. The molecular weight excluding hydrogens is 166 g/mol. The molecule has 0 saturated heterocycles. The molecule has 13 heavy (non-hydrogen) atoms. The zero-order valence-corrected chi connectivity index (χ0v) is 7.58. The quantitative estimate of drug-likeness (QED) is 0.736. The van der Waals surface area contributed by atoms with Crippen LogP contribution >= 0.6 is 0 Å². The summed E-state index contributed by atoms with van der Waals surface area (Å²) < 4.78 is 0. The fourth-order valence-electron chi connectivity index (χ4n) is 1.08. The van der Waals surface area contributed by atoms with Crippen LogP contribution in [0, 0.1) is 0 Å². The van der Waals surface area contributed by atoms with Crippen molar-refractivity contribution in [3.8, 4) is 0 Å².